The van der Waals surface area contributed by atoms with Gasteiger partial charge in [0.05, 0.1) is 12.0 Å². The summed E-state index contributed by atoms with van der Waals surface area (Å²) in [5, 5.41) is 9.22. The second-order valence-electron chi connectivity index (χ2n) is 14.8. The molecule has 0 amide bonds. The predicted octanol–water partition coefficient (Wildman–Crippen LogP) is 5.96. The molecule has 0 radical (unpaired) electrons. The van der Waals surface area contributed by atoms with Gasteiger partial charge in [-0.2, -0.15) is 0 Å². The molecule has 4 aliphatic rings. The first-order valence-electron chi connectivity index (χ1n) is 16.0. The van der Waals surface area contributed by atoms with Gasteiger partial charge in [-0.15, -0.1) is 0 Å². The van der Waals surface area contributed by atoms with Crippen molar-refractivity contribution in [3.63, 3.8) is 0 Å². The fourth-order valence-corrected chi connectivity index (χ4v) is 9.89. The lowest BCUT2D eigenvalue weighted by molar-refractivity contribution is -0.168. The van der Waals surface area contributed by atoms with Crippen LogP contribution in [0.25, 0.3) is 0 Å². The largest absolute Gasteiger partial charge is 0.481 e. The molecule has 4 rings (SSSR count). The lowest BCUT2D eigenvalue weighted by Crippen LogP contribution is -2.54. The van der Waals surface area contributed by atoms with E-state index >= 15 is 0 Å². The maximum atomic E-state index is 13.3. The second-order valence-corrected chi connectivity index (χ2v) is 14.8. The fraction of sp³-hybridized carbons (Fsp3) is 0.879. The van der Waals surface area contributed by atoms with Crippen LogP contribution in [-0.4, -0.2) is 40.8 Å². The number of ketones is 2. The quantitative estimate of drug-likeness (QED) is 0.299. The molecule has 0 bridgehead atoms. The predicted molar refractivity (Wildman–Crippen MR) is 153 cm³/mol. The number of Topliss-reactive ketones (excluding diaryl/α,β-unsaturated/α-hetero) is 2. The third kappa shape index (κ3) is 6.19. The molecule has 10 atom stereocenters. The molecule has 4 saturated carbocycles. The van der Waals surface area contributed by atoms with Gasteiger partial charge < -0.3 is 15.6 Å². The number of carboxylic acids is 1. The molecule has 7 nitrogen and oxygen atoms in total. The maximum Gasteiger partial charge on any atom is 0.309 e. The topological polar surface area (TPSA) is 124 Å². The average Bonchev–Trinajstić information content (AvgIpc) is 3.23. The zero-order chi connectivity index (χ0) is 29.4. The Labute approximate surface area is 240 Å². The number of esters is 1. The molecule has 0 aromatic carbocycles. The van der Waals surface area contributed by atoms with Gasteiger partial charge in [0, 0.05) is 18.8 Å². The van der Waals surface area contributed by atoms with E-state index in [-0.39, 0.29) is 53.8 Å². The van der Waals surface area contributed by atoms with Crippen LogP contribution >= 0.6 is 0 Å². The van der Waals surface area contributed by atoms with Crippen LogP contribution in [0.3, 0.4) is 0 Å². The Kier molecular flexibility index (Phi) is 9.53. The van der Waals surface area contributed by atoms with Crippen LogP contribution in [0.4, 0.5) is 0 Å². The molecule has 4 aliphatic carbocycles. The minimum Gasteiger partial charge on any atom is -0.481 e. The molecule has 4 fully saturated rings. The fourth-order valence-electron chi connectivity index (χ4n) is 9.89. The van der Waals surface area contributed by atoms with Crippen LogP contribution in [0.15, 0.2) is 0 Å². The summed E-state index contributed by atoms with van der Waals surface area (Å²) in [5.41, 5.74) is 6.46. The van der Waals surface area contributed by atoms with Crippen molar-refractivity contribution in [2.24, 2.45) is 58.0 Å². The van der Waals surface area contributed by atoms with Crippen LogP contribution in [0, 0.1) is 52.3 Å². The van der Waals surface area contributed by atoms with Crippen LogP contribution in [-0.2, 0) is 23.9 Å². The molecule has 0 saturated heterocycles. The highest BCUT2D eigenvalue weighted by Gasteiger charge is 2.61. The summed E-state index contributed by atoms with van der Waals surface area (Å²) in [6.07, 6.45) is 9.78. The van der Waals surface area contributed by atoms with Crippen LogP contribution in [0.5, 0.6) is 0 Å². The zero-order valence-electron chi connectivity index (χ0n) is 25.5. The highest BCUT2D eigenvalue weighted by Crippen LogP contribution is 2.67. The Morgan fingerprint density at radius 3 is 2.27 bits per heavy atom. The number of ether oxygens (including phenoxy) is 1. The first kappa shape index (κ1) is 31.2. The lowest BCUT2D eigenvalue weighted by atomic mass is 9.44. The Morgan fingerprint density at radius 2 is 1.62 bits per heavy atom. The standard InChI is InChI=1S/C33H53NO6/c1-19(2)16-28(34)29(36)17-21(6-11-30(37)38)31(39)40-23-12-14-32(4)22(18-23)7-8-24-26-10-9-25(20(3)35)33(26,5)15-13-27(24)32/h19,21-28H,6-18,34H2,1-5H3,(H,37,38)/t21-,22+,23-,24+,25-,26+,27+,28+,32+,33-/m1/s1. The molecule has 0 heterocycles. The first-order valence-corrected chi connectivity index (χ1v) is 16.0. The zero-order valence-corrected chi connectivity index (χ0v) is 25.5. The van der Waals surface area contributed by atoms with Crippen LogP contribution in [0.1, 0.15) is 118 Å². The van der Waals surface area contributed by atoms with Crippen molar-refractivity contribution in [1.29, 1.82) is 0 Å². The summed E-state index contributed by atoms with van der Waals surface area (Å²) in [5.74, 6) is 0.951. The van der Waals surface area contributed by atoms with Gasteiger partial charge in [0.2, 0.25) is 0 Å². The van der Waals surface area contributed by atoms with E-state index in [2.05, 4.69) is 13.8 Å². The molecule has 3 N–H and O–H groups in total. The third-order valence-corrected chi connectivity index (χ3v) is 12.0. The van der Waals surface area contributed by atoms with Gasteiger partial charge in [0.1, 0.15) is 17.7 Å². The Hall–Kier alpha value is -1.76. The van der Waals surface area contributed by atoms with Gasteiger partial charge in [-0.1, -0.05) is 27.7 Å². The maximum absolute atomic E-state index is 13.3. The van der Waals surface area contributed by atoms with Crippen molar-refractivity contribution in [2.45, 2.75) is 130 Å². The first-order chi connectivity index (χ1) is 18.8. The van der Waals surface area contributed by atoms with Crippen molar-refractivity contribution >= 4 is 23.5 Å². The number of fused-ring (bicyclic) bond motifs is 5. The number of hydrogen-bond acceptors (Lipinski definition) is 6. The van der Waals surface area contributed by atoms with E-state index in [1.807, 2.05) is 13.8 Å². The van der Waals surface area contributed by atoms with Crippen molar-refractivity contribution in [3.8, 4) is 0 Å². The summed E-state index contributed by atoms with van der Waals surface area (Å²) >= 11 is 0. The second kappa shape index (κ2) is 12.2. The van der Waals surface area contributed by atoms with Crippen molar-refractivity contribution in [1.82, 2.24) is 0 Å². The van der Waals surface area contributed by atoms with Gasteiger partial charge in [-0.05, 0) is 118 Å². The number of rotatable bonds is 11. The Balaban J connectivity index is 1.39. The molecule has 40 heavy (non-hydrogen) atoms. The molecule has 0 aromatic heterocycles. The minimum atomic E-state index is -0.984. The molecular weight excluding hydrogens is 506 g/mol. The minimum absolute atomic E-state index is 0.0565. The number of aliphatic carboxylic acids is 1. The van der Waals surface area contributed by atoms with E-state index in [1.165, 1.54) is 19.3 Å². The number of carbonyl (C=O) groups is 4. The molecule has 0 unspecified atom stereocenters. The summed E-state index contributed by atoms with van der Waals surface area (Å²) < 4.78 is 6.04. The van der Waals surface area contributed by atoms with E-state index < -0.39 is 23.9 Å². The Bertz CT molecular complexity index is 978. The van der Waals surface area contributed by atoms with Gasteiger partial charge in [0.15, 0.2) is 0 Å². The van der Waals surface area contributed by atoms with Gasteiger partial charge in [-0.25, -0.2) is 0 Å². The summed E-state index contributed by atoms with van der Waals surface area (Å²) in [7, 11) is 0. The molecular formula is C33H53NO6. The van der Waals surface area contributed by atoms with E-state index in [4.69, 9.17) is 10.5 Å². The number of carbonyl (C=O) groups excluding carboxylic acids is 3. The Morgan fingerprint density at radius 1 is 0.950 bits per heavy atom. The highest BCUT2D eigenvalue weighted by molar-refractivity contribution is 5.88. The highest BCUT2D eigenvalue weighted by atomic mass is 16.5. The monoisotopic (exact) mass is 559 g/mol. The number of nitrogens with two attached hydrogens (primary N) is 1. The molecule has 7 heteroatoms. The molecule has 0 spiro atoms. The molecule has 226 valence electrons. The molecule has 0 aliphatic heterocycles. The molecule has 0 aromatic rings. The number of hydrogen-bond donors (Lipinski definition) is 2. The summed E-state index contributed by atoms with van der Waals surface area (Å²) in [4.78, 5) is 49.7. The van der Waals surface area contributed by atoms with E-state index in [0.29, 0.717) is 35.9 Å². The third-order valence-electron chi connectivity index (χ3n) is 12.0. The van der Waals surface area contributed by atoms with Crippen molar-refractivity contribution in [2.75, 3.05) is 0 Å². The van der Waals surface area contributed by atoms with E-state index in [1.54, 1.807) is 6.92 Å². The van der Waals surface area contributed by atoms with Gasteiger partial charge in [0.25, 0.3) is 0 Å². The summed E-state index contributed by atoms with van der Waals surface area (Å²) in [6.45, 7) is 10.6. The van der Waals surface area contributed by atoms with E-state index in [9.17, 15) is 24.3 Å². The smallest absolute Gasteiger partial charge is 0.309 e. The average molecular weight is 560 g/mol. The normalized spacial score (nSPS) is 38.5. The van der Waals surface area contributed by atoms with Crippen molar-refractivity contribution in [3.05, 3.63) is 0 Å². The summed E-state index contributed by atoms with van der Waals surface area (Å²) in [6, 6.07) is -0.645. The van der Waals surface area contributed by atoms with Gasteiger partial charge in [-0.3, -0.25) is 19.2 Å². The van der Waals surface area contributed by atoms with Crippen LogP contribution in [0.2, 0.25) is 0 Å². The van der Waals surface area contributed by atoms with Crippen LogP contribution < -0.4 is 5.73 Å². The van der Waals surface area contributed by atoms with Crippen molar-refractivity contribution < 1.29 is 29.0 Å². The SMILES string of the molecule is CC(=O)[C@H]1CC[C@H]2[C@@H]3CC[C@H]4C[C@H](OC(=O)[C@H](CCC(=O)O)CC(=O)[C@@H](N)CC(C)C)CC[C@]4(C)[C@H]3CC[C@]12C. The number of carboxylic acid groups (broad SMARTS) is 1. The lowest BCUT2D eigenvalue weighted by Gasteiger charge is -2.61. The van der Waals surface area contributed by atoms with E-state index in [0.717, 1.165) is 38.5 Å². The van der Waals surface area contributed by atoms with Gasteiger partial charge >= 0.3 is 11.9 Å².